The van der Waals surface area contributed by atoms with Crippen molar-refractivity contribution < 1.29 is 4.79 Å². The molecule has 4 heteroatoms. The number of nitrogens with two attached hydrogens (primary N) is 1. The Labute approximate surface area is 95.8 Å². The molecule has 88 valence electrons. The van der Waals surface area contributed by atoms with Gasteiger partial charge in [0.25, 0.3) is 0 Å². The minimum Gasteiger partial charge on any atom is -0.330 e. The Morgan fingerprint density at radius 2 is 2.38 bits per heavy atom. The van der Waals surface area contributed by atoms with Gasteiger partial charge < -0.3 is 5.73 Å². The maximum Gasteiger partial charge on any atom is 0.181 e. The number of carbonyl (C=O) groups excluding carboxylic acids is 1. The van der Waals surface area contributed by atoms with Gasteiger partial charge in [0.2, 0.25) is 0 Å². The highest BCUT2D eigenvalue weighted by Crippen LogP contribution is 2.43. The van der Waals surface area contributed by atoms with Crippen molar-refractivity contribution in [1.82, 2.24) is 9.78 Å². The molecule has 1 saturated carbocycles. The molecule has 0 spiro atoms. The molecule has 0 saturated heterocycles. The average molecular weight is 221 g/mol. The number of aromatic nitrogens is 2. The molecule has 0 atom stereocenters. The molecule has 0 aromatic carbocycles. The number of hydrogen-bond acceptors (Lipinski definition) is 3. The van der Waals surface area contributed by atoms with Gasteiger partial charge in [-0.15, -0.1) is 0 Å². The summed E-state index contributed by atoms with van der Waals surface area (Å²) < 4.78 is 1.76. The van der Waals surface area contributed by atoms with E-state index in [1.165, 1.54) is 6.42 Å². The van der Waals surface area contributed by atoms with Gasteiger partial charge in [0.15, 0.2) is 5.78 Å². The molecule has 0 aliphatic heterocycles. The SMILES string of the molecule is CCn1nccc1C(=O)CC1(CN)CCC1. The van der Waals surface area contributed by atoms with Crippen LogP contribution in [0.15, 0.2) is 12.3 Å². The second kappa shape index (κ2) is 4.37. The lowest BCUT2D eigenvalue weighted by atomic mass is 9.66. The van der Waals surface area contributed by atoms with Crippen molar-refractivity contribution in [1.29, 1.82) is 0 Å². The smallest absolute Gasteiger partial charge is 0.181 e. The molecule has 0 unspecified atom stereocenters. The van der Waals surface area contributed by atoms with Crippen LogP contribution in [0, 0.1) is 5.41 Å². The number of nitrogens with zero attached hydrogens (tertiary/aromatic N) is 2. The highest BCUT2D eigenvalue weighted by molar-refractivity contribution is 5.95. The maximum absolute atomic E-state index is 12.1. The van der Waals surface area contributed by atoms with Crippen molar-refractivity contribution in [3.63, 3.8) is 0 Å². The van der Waals surface area contributed by atoms with Gasteiger partial charge in [0, 0.05) is 19.2 Å². The summed E-state index contributed by atoms with van der Waals surface area (Å²) >= 11 is 0. The summed E-state index contributed by atoms with van der Waals surface area (Å²) in [6.45, 7) is 3.36. The van der Waals surface area contributed by atoms with Crippen LogP contribution in [0.4, 0.5) is 0 Å². The average Bonchev–Trinajstić information content (AvgIpc) is 2.71. The first kappa shape index (κ1) is 11.3. The van der Waals surface area contributed by atoms with Crippen LogP contribution in [-0.4, -0.2) is 22.1 Å². The Hall–Kier alpha value is -1.16. The summed E-state index contributed by atoms with van der Waals surface area (Å²) in [7, 11) is 0. The van der Waals surface area contributed by atoms with Crippen LogP contribution in [-0.2, 0) is 6.54 Å². The van der Waals surface area contributed by atoms with E-state index in [1.54, 1.807) is 16.9 Å². The molecule has 1 fully saturated rings. The summed E-state index contributed by atoms with van der Waals surface area (Å²) in [6, 6.07) is 1.80. The number of carbonyl (C=O) groups is 1. The fraction of sp³-hybridized carbons (Fsp3) is 0.667. The Morgan fingerprint density at radius 3 is 2.88 bits per heavy atom. The standard InChI is InChI=1S/C12H19N3O/c1-2-15-10(4-7-14-15)11(16)8-12(9-13)5-3-6-12/h4,7H,2-3,5-6,8-9,13H2,1H3. The summed E-state index contributed by atoms with van der Waals surface area (Å²) in [5.41, 5.74) is 6.57. The van der Waals surface area contributed by atoms with Crippen molar-refractivity contribution >= 4 is 5.78 Å². The first-order chi connectivity index (χ1) is 7.71. The van der Waals surface area contributed by atoms with Gasteiger partial charge in [-0.1, -0.05) is 6.42 Å². The maximum atomic E-state index is 12.1. The third kappa shape index (κ3) is 1.89. The van der Waals surface area contributed by atoms with Crippen molar-refractivity contribution in [3.8, 4) is 0 Å². The highest BCUT2D eigenvalue weighted by atomic mass is 16.1. The Balaban J connectivity index is 2.08. The summed E-state index contributed by atoms with van der Waals surface area (Å²) in [5.74, 6) is 0.185. The van der Waals surface area contributed by atoms with E-state index < -0.39 is 0 Å². The molecular weight excluding hydrogens is 202 g/mol. The van der Waals surface area contributed by atoms with Crippen LogP contribution in [0.1, 0.15) is 43.1 Å². The van der Waals surface area contributed by atoms with E-state index in [-0.39, 0.29) is 11.2 Å². The predicted molar refractivity (Wildman–Crippen MR) is 62.2 cm³/mol. The van der Waals surface area contributed by atoms with Gasteiger partial charge in [-0.25, -0.2) is 0 Å². The molecule has 1 aromatic rings. The summed E-state index contributed by atoms with van der Waals surface area (Å²) in [5, 5.41) is 4.12. The van der Waals surface area contributed by atoms with E-state index in [0.29, 0.717) is 13.0 Å². The van der Waals surface area contributed by atoms with Gasteiger partial charge in [0.1, 0.15) is 5.69 Å². The lowest BCUT2D eigenvalue weighted by Gasteiger charge is -2.40. The molecule has 4 nitrogen and oxygen atoms in total. The first-order valence-electron chi connectivity index (χ1n) is 5.96. The zero-order chi connectivity index (χ0) is 11.6. The highest BCUT2D eigenvalue weighted by Gasteiger charge is 2.38. The number of ketones is 1. The first-order valence-corrected chi connectivity index (χ1v) is 5.96. The van der Waals surface area contributed by atoms with Crippen LogP contribution in [0.3, 0.4) is 0 Å². The van der Waals surface area contributed by atoms with Crippen LogP contribution in [0.5, 0.6) is 0 Å². The number of hydrogen-bond donors (Lipinski definition) is 1. The van der Waals surface area contributed by atoms with Crippen molar-refractivity contribution in [2.24, 2.45) is 11.1 Å². The zero-order valence-corrected chi connectivity index (χ0v) is 9.78. The van der Waals surface area contributed by atoms with E-state index >= 15 is 0 Å². The van der Waals surface area contributed by atoms with Gasteiger partial charge in [-0.3, -0.25) is 9.48 Å². The third-order valence-electron chi connectivity index (χ3n) is 3.68. The minimum absolute atomic E-state index is 0.0833. The van der Waals surface area contributed by atoms with E-state index in [0.717, 1.165) is 25.1 Å². The van der Waals surface area contributed by atoms with E-state index in [9.17, 15) is 4.79 Å². The number of rotatable bonds is 5. The monoisotopic (exact) mass is 221 g/mol. The lowest BCUT2D eigenvalue weighted by molar-refractivity contribution is 0.0776. The van der Waals surface area contributed by atoms with Crippen molar-refractivity contribution in [3.05, 3.63) is 18.0 Å². The van der Waals surface area contributed by atoms with Crippen LogP contribution in [0.2, 0.25) is 0 Å². The minimum atomic E-state index is 0.0833. The van der Waals surface area contributed by atoms with Gasteiger partial charge in [-0.05, 0) is 37.8 Å². The van der Waals surface area contributed by atoms with Gasteiger partial charge >= 0.3 is 0 Å². The fourth-order valence-corrected chi connectivity index (χ4v) is 2.38. The molecule has 2 rings (SSSR count). The molecule has 1 heterocycles. The molecule has 0 radical (unpaired) electrons. The molecule has 1 aliphatic carbocycles. The number of Topliss-reactive ketones (excluding diaryl/α,β-unsaturated/α-hetero) is 1. The van der Waals surface area contributed by atoms with E-state index in [2.05, 4.69) is 5.10 Å². The molecule has 16 heavy (non-hydrogen) atoms. The summed E-state index contributed by atoms with van der Waals surface area (Å²) in [6.07, 6.45) is 5.66. The van der Waals surface area contributed by atoms with E-state index in [4.69, 9.17) is 5.73 Å². The van der Waals surface area contributed by atoms with Crippen LogP contribution >= 0.6 is 0 Å². The summed E-state index contributed by atoms with van der Waals surface area (Å²) in [4.78, 5) is 12.1. The van der Waals surface area contributed by atoms with E-state index in [1.807, 2.05) is 6.92 Å². The van der Waals surface area contributed by atoms with Crippen molar-refractivity contribution in [2.75, 3.05) is 6.54 Å². The zero-order valence-electron chi connectivity index (χ0n) is 9.78. The Bertz CT molecular complexity index is 374. The third-order valence-corrected chi connectivity index (χ3v) is 3.68. The Kier molecular flexibility index (Phi) is 3.10. The second-order valence-electron chi connectivity index (χ2n) is 4.69. The molecule has 1 aromatic heterocycles. The second-order valence-corrected chi connectivity index (χ2v) is 4.69. The lowest BCUT2D eigenvalue weighted by Crippen LogP contribution is -2.39. The van der Waals surface area contributed by atoms with Crippen LogP contribution < -0.4 is 5.73 Å². The fourth-order valence-electron chi connectivity index (χ4n) is 2.38. The topological polar surface area (TPSA) is 60.9 Å². The Morgan fingerprint density at radius 1 is 1.62 bits per heavy atom. The molecular formula is C12H19N3O. The van der Waals surface area contributed by atoms with Crippen molar-refractivity contribution in [2.45, 2.75) is 39.2 Å². The molecule has 0 bridgehead atoms. The molecule has 0 amide bonds. The van der Waals surface area contributed by atoms with Gasteiger partial charge in [-0.2, -0.15) is 5.10 Å². The predicted octanol–water partition coefficient (Wildman–Crippen LogP) is 1.60. The van der Waals surface area contributed by atoms with Crippen LogP contribution in [0.25, 0.3) is 0 Å². The largest absolute Gasteiger partial charge is 0.330 e. The normalized spacial score (nSPS) is 18.1. The number of aryl methyl sites for hydroxylation is 1. The van der Waals surface area contributed by atoms with Gasteiger partial charge in [0.05, 0.1) is 0 Å². The quantitative estimate of drug-likeness (QED) is 0.768. The molecule has 1 aliphatic rings. The molecule has 2 N–H and O–H groups in total.